The van der Waals surface area contributed by atoms with E-state index in [1.165, 1.54) is 25.4 Å². The maximum atomic E-state index is 13.4. The molecule has 4 N–H and O–H groups in total. The molecule has 11 heteroatoms. The lowest BCUT2D eigenvalue weighted by Gasteiger charge is -2.39. The lowest BCUT2D eigenvalue weighted by Crippen LogP contribution is -2.58. The molecule has 3 aromatic rings. The molecule has 4 heterocycles. The molecule has 1 saturated heterocycles. The van der Waals surface area contributed by atoms with Crippen LogP contribution in [0.1, 0.15) is 32.7 Å². The van der Waals surface area contributed by atoms with Gasteiger partial charge in [-0.15, -0.1) is 0 Å². The maximum absolute atomic E-state index is 13.4. The Morgan fingerprint density at radius 3 is 2.72 bits per heavy atom. The molecular weight excluding hydrogens is 502 g/mol. The fourth-order valence-corrected chi connectivity index (χ4v) is 4.60. The van der Waals surface area contributed by atoms with Gasteiger partial charge >= 0.3 is 0 Å². The van der Waals surface area contributed by atoms with Crippen molar-refractivity contribution in [2.45, 2.75) is 25.1 Å². The topological polar surface area (TPSA) is 145 Å². The summed E-state index contributed by atoms with van der Waals surface area (Å²) in [4.78, 5) is 44.6. The molecular formula is C28H29N5O6. The number of benzene rings is 2. The van der Waals surface area contributed by atoms with Gasteiger partial charge in [0.2, 0.25) is 0 Å². The van der Waals surface area contributed by atoms with Crippen molar-refractivity contribution in [3.63, 3.8) is 0 Å². The Morgan fingerprint density at radius 1 is 1.13 bits per heavy atom. The van der Waals surface area contributed by atoms with Gasteiger partial charge in [-0.25, -0.2) is 4.98 Å². The molecule has 2 atom stereocenters. The smallest absolute Gasteiger partial charge is 0.258 e. The summed E-state index contributed by atoms with van der Waals surface area (Å²) < 4.78 is 17.3. The molecule has 4 bridgehead atoms. The van der Waals surface area contributed by atoms with E-state index in [4.69, 9.17) is 19.9 Å². The number of anilines is 1. The maximum Gasteiger partial charge on any atom is 0.258 e. The van der Waals surface area contributed by atoms with Crippen molar-refractivity contribution in [3.05, 3.63) is 77.5 Å². The number of methoxy groups -OCH3 is 1. The Morgan fingerprint density at radius 2 is 1.95 bits per heavy atom. The van der Waals surface area contributed by atoms with Crippen LogP contribution in [0.3, 0.4) is 0 Å². The molecule has 1 aromatic heterocycles. The minimum Gasteiger partial charge on any atom is -0.493 e. The van der Waals surface area contributed by atoms with Gasteiger partial charge in [0, 0.05) is 43.4 Å². The molecule has 39 heavy (non-hydrogen) atoms. The van der Waals surface area contributed by atoms with Gasteiger partial charge in [0.15, 0.2) is 18.1 Å². The summed E-state index contributed by atoms with van der Waals surface area (Å²) in [6.07, 6.45) is 1.59. The van der Waals surface area contributed by atoms with Gasteiger partial charge in [-0.05, 0) is 48.0 Å². The van der Waals surface area contributed by atoms with E-state index in [1.54, 1.807) is 23.1 Å². The fraction of sp³-hybridized carbons (Fsp3) is 0.286. The van der Waals surface area contributed by atoms with Crippen LogP contribution in [0.5, 0.6) is 17.2 Å². The Hall–Kier alpha value is -4.80. The highest BCUT2D eigenvalue weighted by Gasteiger charge is 2.35. The molecule has 0 saturated carbocycles. The number of nitrogens with one attached hydrogen (secondary N) is 2. The van der Waals surface area contributed by atoms with Gasteiger partial charge < -0.3 is 35.5 Å². The van der Waals surface area contributed by atoms with Crippen LogP contribution in [-0.2, 0) is 11.3 Å². The van der Waals surface area contributed by atoms with E-state index in [1.807, 2.05) is 24.3 Å². The molecule has 11 nitrogen and oxygen atoms in total. The first kappa shape index (κ1) is 25.8. The molecule has 0 unspecified atom stereocenters. The molecule has 2 aromatic carbocycles. The standard InChI is InChI=1S/C28H29N5O6/c1-37-23-7-4-18-12-24(23)38-16-26(34)31-14-17-2-5-20(6-3-17)39-22-9-11-33(15-21(22)32-27(18)35)28(36)19-8-10-30-25(29)13-19/h2-8,10,12-13,21-22H,9,11,14-16H2,1H3,(H2,29,30)(H,31,34)(H,32,35)/t21-,22+/m0/s1. The number of hydrogen-bond donors (Lipinski definition) is 3. The lowest BCUT2D eigenvalue weighted by atomic mass is 10.00. The predicted octanol–water partition coefficient (Wildman–Crippen LogP) is 1.77. The van der Waals surface area contributed by atoms with E-state index in [2.05, 4.69) is 15.6 Å². The third kappa shape index (κ3) is 6.03. The van der Waals surface area contributed by atoms with E-state index in [-0.39, 0.29) is 42.4 Å². The van der Waals surface area contributed by atoms with Crippen LogP contribution in [0.15, 0.2) is 60.8 Å². The van der Waals surface area contributed by atoms with Crippen molar-refractivity contribution in [1.29, 1.82) is 0 Å². The highest BCUT2D eigenvalue weighted by atomic mass is 16.5. The number of nitrogen functional groups attached to an aromatic ring is 1. The SMILES string of the molecule is COc1ccc2cc1OCC(=O)NCc1ccc(cc1)O[C@@H]1CCN(C(=O)c3ccnc(N)c3)C[C@@H]1NC2=O. The van der Waals surface area contributed by atoms with Crippen LogP contribution in [-0.4, -0.2) is 66.6 Å². The molecule has 0 aliphatic carbocycles. The van der Waals surface area contributed by atoms with Gasteiger partial charge in [0.05, 0.1) is 13.2 Å². The number of piperidine rings is 1. The van der Waals surface area contributed by atoms with Crippen molar-refractivity contribution in [2.75, 3.05) is 32.5 Å². The van der Waals surface area contributed by atoms with Crippen LogP contribution in [0.2, 0.25) is 0 Å². The number of carbonyl (C=O) groups is 3. The monoisotopic (exact) mass is 531 g/mol. The first-order chi connectivity index (χ1) is 18.9. The molecule has 202 valence electrons. The zero-order valence-corrected chi connectivity index (χ0v) is 21.4. The van der Waals surface area contributed by atoms with E-state index in [9.17, 15) is 14.4 Å². The Kier molecular flexibility index (Phi) is 7.48. The average Bonchev–Trinajstić information content (AvgIpc) is 2.95. The number of ether oxygens (including phenoxy) is 3. The molecule has 1 fully saturated rings. The van der Waals surface area contributed by atoms with Crippen LogP contribution in [0, 0.1) is 0 Å². The number of aromatic nitrogens is 1. The highest BCUT2D eigenvalue weighted by molar-refractivity contribution is 5.96. The van der Waals surface area contributed by atoms with Crippen molar-refractivity contribution < 1.29 is 28.6 Å². The minimum absolute atomic E-state index is 0.207. The predicted molar refractivity (Wildman–Crippen MR) is 142 cm³/mol. The third-order valence-corrected chi connectivity index (χ3v) is 6.67. The van der Waals surface area contributed by atoms with Crippen molar-refractivity contribution >= 4 is 23.5 Å². The number of rotatable bonds is 2. The van der Waals surface area contributed by atoms with Crippen molar-refractivity contribution in [3.8, 4) is 17.2 Å². The number of pyridine rings is 1. The number of carbonyl (C=O) groups excluding carboxylic acids is 3. The summed E-state index contributed by atoms with van der Waals surface area (Å²) in [5.74, 6) is 0.621. The number of fused-ring (bicyclic) bond motifs is 7. The summed E-state index contributed by atoms with van der Waals surface area (Å²) in [5, 5.41) is 5.85. The van der Waals surface area contributed by atoms with Crippen LogP contribution >= 0.6 is 0 Å². The number of hydrogen-bond acceptors (Lipinski definition) is 8. The summed E-state index contributed by atoms with van der Waals surface area (Å²) in [6.45, 7) is 0.739. The Bertz CT molecular complexity index is 1380. The molecule has 0 radical (unpaired) electrons. The van der Waals surface area contributed by atoms with Crippen molar-refractivity contribution in [1.82, 2.24) is 20.5 Å². The van der Waals surface area contributed by atoms with E-state index in [0.717, 1.165) is 5.56 Å². The van der Waals surface area contributed by atoms with Gasteiger partial charge in [0.1, 0.15) is 17.7 Å². The quantitative estimate of drug-likeness (QED) is 0.454. The largest absolute Gasteiger partial charge is 0.493 e. The van der Waals surface area contributed by atoms with Crippen LogP contribution < -0.4 is 30.6 Å². The van der Waals surface area contributed by atoms with E-state index >= 15 is 0 Å². The second-order valence-electron chi connectivity index (χ2n) is 9.32. The zero-order valence-electron chi connectivity index (χ0n) is 21.4. The fourth-order valence-electron chi connectivity index (χ4n) is 4.60. The van der Waals surface area contributed by atoms with Crippen LogP contribution in [0.25, 0.3) is 0 Å². The average molecular weight is 532 g/mol. The molecule has 0 spiro atoms. The molecule has 3 amide bonds. The number of amides is 3. The first-order valence-corrected chi connectivity index (χ1v) is 12.5. The molecule has 6 rings (SSSR count). The van der Waals surface area contributed by atoms with Gasteiger partial charge in [-0.2, -0.15) is 0 Å². The Balaban J connectivity index is 1.44. The van der Waals surface area contributed by atoms with E-state index < -0.39 is 12.1 Å². The summed E-state index contributed by atoms with van der Waals surface area (Å²) >= 11 is 0. The van der Waals surface area contributed by atoms with Gasteiger partial charge in [0.25, 0.3) is 17.7 Å². The molecule has 3 aliphatic heterocycles. The van der Waals surface area contributed by atoms with Gasteiger partial charge in [-0.1, -0.05) is 12.1 Å². The van der Waals surface area contributed by atoms with E-state index in [0.29, 0.717) is 42.1 Å². The first-order valence-electron chi connectivity index (χ1n) is 12.5. The van der Waals surface area contributed by atoms with Crippen LogP contribution in [0.4, 0.5) is 5.82 Å². The van der Waals surface area contributed by atoms with Crippen molar-refractivity contribution in [2.24, 2.45) is 0 Å². The number of nitrogens with zero attached hydrogens (tertiary/aromatic N) is 2. The highest BCUT2D eigenvalue weighted by Crippen LogP contribution is 2.29. The number of likely N-dealkylation sites (tertiary alicyclic amines) is 1. The second kappa shape index (κ2) is 11.3. The molecule has 3 aliphatic rings. The lowest BCUT2D eigenvalue weighted by molar-refractivity contribution is -0.123. The summed E-state index contributed by atoms with van der Waals surface area (Å²) in [6, 6.07) is 14.7. The zero-order chi connectivity index (χ0) is 27.4. The summed E-state index contributed by atoms with van der Waals surface area (Å²) in [5.41, 5.74) is 7.40. The summed E-state index contributed by atoms with van der Waals surface area (Å²) in [7, 11) is 1.48. The van der Waals surface area contributed by atoms with Gasteiger partial charge in [-0.3, -0.25) is 14.4 Å². The minimum atomic E-state index is -0.514. The second-order valence-corrected chi connectivity index (χ2v) is 9.32. The normalized spacial score (nSPS) is 19.5. The Labute approximate surface area is 225 Å². The third-order valence-electron chi connectivity index (χ3n) is 6.67. The number of nitrogens with two attached hydrogens (primary N) is 1.